The van der Waals surface area contributed by atoms with E-state index in [4.69, 9.17) is 0 Å². The van der Waals surface area contributed by atoms with E-state index < -0.39 is 0 Å². The second kappa shape index (κ2) is 6.46. The lowest BCUT2D eigenvalue weighted by Gasteiger charge is -2.31. The van der Waals surface area contributed by atoms with Gasteiger partial charge in [0.15, 0.2) is 0 Å². The van der Waals surface area contributed by atoms with E-state index in [1.54, 1.807) is 23.1 Å². The highest BCUT2D eigenvalue weighted by molar-refractivity contribution is 5.79. The van der Waals surface area contributed by atoms with Crippen LogP contribution < -0.4 is 5.56 Å². The Kier molecular flexibility index (Phi) is 4.01. The number of H-pyrrole nitrogens is 1. The molecule has 8 nitrogen and oxygen atoms in total. The lowest BCUT2D eigenvalue weighted by Crippen LogP contribution is -2.42. The molecule has 8 heteroatoms. The Morgan fingerprint density at radius 3 is 3.00 bits per heavy atom. The first kappa shape index (κ1) is 15.5. The number of carbonyl (C=O) groups is 1. The third-order valence-corrected chi connectivity index (χ3v) is 4.63. The second-order valence-electron chi connectivity index (χ2n) is 6.24. The van der Waals surface area contributed by atoms with Gasteiger partial charge in [-0.25, -0.2) is 9.97 Å². The first-order valence-corrected chi connectivity index (χ1v) is 8.29. The molecule has 1 amide bonds. The Bertz CT molecular complexity index is 949. The van der Waals surface area contributed by atoms with Crippen molar-refractivity contribution in [3.63, 3.8) is 0 Å². The normalized spacial score (nSPS) is 17.8. The molecule has 1 aliphatic rings. The molecular formula is C17H18N6O2. The van der Waals surface area contributed by atoms with E-state index in [0.717, 1.165) is 18.7 Å². The van der Waals surface area contributed by atoms with Crippen molar-refractivity contribution < 1.29 is 4.79 Å². The highest BCUT2D eigenvalue weighted by Gasteiger charge is 2.26. The zero-order valence-electron chi connectivity index (χ0n) is 13.6. The van der Waals surface area contributed by atoms with Crippen LogP contribution in [0.1, 0.15) is 24.6 Å². The van der Waals surface area contributed by atoms with Crippen molar-refractivity contribution in [1.29, 1.82) is 0 Å². The van der Waals surface area contributed by atoms with Gasteiger partial charge in [-0.3, -0.25) is 19.3 Å². The van der Waals surface area contributed by atoms with Gasteiger partial charge in [0, 0.05) is 19.0 Å². The van der Waals surface area contributed by atoms with Gasteiger partial charge < -0.3 is 4.90 Å². The van der Waals surface area contributed by atoms with E-state index in [1.807, 2.05) is 6.07 Å². The summed E-state index contributed by atoms with van der Waals surface area (Å²) in [4.78, 5) is 35.4. The number of nitrogens with one attached hydrogen (secondary N) is 1. The van der Waals surface area contributed by atoms with Crippen LogP contribution >= 0.6 is 0 Å². The maximum absolute atomic E-state index is 12.7. The second-order valence-corrected chi connectivity index (χ2v) is 6.24. The summed E-state index contributed by atoms with van der Waals surface area (Å²) < 4.78 is 1.38. The number of hydrogen-bond donors (Lipinski definition) is 1. The van der Waals surface area contributed by atoms with Gasteiger partial charge in [0.2, 0.25) is 5.91 Å². The summed E-state index contributed by atoms with van der Waals surface area (Å²) in [6.45, 7) is 1.28. The lowest BCUT2D eigenvalue weighted by atomic mass is 9.97. The molecule has 1 atom stereocenters. The highest BCUT2D eigenvalue weighted by atomic mass is 16.2. The fourth-order valence-electron chi connectivity index (χ4n) is 3.30. The molecule has 3 heterocycles. The number of likely N-dealkylation sites (tertiary alicyclic amines) is 1. The quantitative estimate of drug-likeness (QED) is 0.766. The number of hydrogen-bond acceptors (Lipinski definition) is 5. The van der Waals surface area contributed by atoms with Crippen molar-refractivity contribution in [1.82, 2.24) is 29.6 Å². The molecule has 1 N–H and O–H groups in total. The first-order chi connectivity index (χ1) is 12.2. The van der Waals surface area contributed by atoms with Crippen LogP contribution in [0.25, 0.3) is 10.9 Å². The van der Waals surface area contributed by atoms with Crippen LogP contribution in [-0.4, -0.2) is 48.6 Å². The van der Waals surface area contributed by atoms with Gasteiger partial charge in [0.05, 0.1) is 17.2 Å². The molecule has 0 saturated carbocycles. The zero-order chi connectivity index (χ0) is 17.2. The number of nitrogens with zero attached hydrogens (tertiary/aromatic N) is 5. The van der Waals surface area contributed by atoms with Crippen LogP contribution in [0, 0.1) is 0 Å². The third kappa shape index (κ3) is 3.02. The fraction of sp³-hybridized carbons (Fsp3) is 0.353. The standard InChI is InChI=1S/C17H18N6O2/c24-15(22-7-3-4-12(8-22)16-18-10-20-21-16)9-23-11-19-14-6-2-1-5-13(14)17(23)25/h1-2,5-6,10-12H,3-4,7-9H2,(H,18,20,21). The molecule has 0 spiro atoms. The molecule has 25 heavy (non-hydrogen) atoms. The van der Waals surface area contributed by atoms with Gasteiger partial charge >= 0.3 is 0 Å². The van der Waals surface area contributed by atoms with E-state index >= 15 is 0 Å². The van der Waals surface area contributed by atoms with Crippen molar-refractivity contribution in [2.75, 3.05) is 13.1 Å². The smallest absolute Gasteiger partial charge is 0.261 e. The average Bonchev–Trinajstić information content (AvgIpc) is 3.19. The summed E-state index contributed by atoms with van der Waals surface area (Å²) in [5, 5.41) is 7.29. The van der Waals surface area contributed by atoms with Gasteiger partial charge in [-0.15, -0.1) is 0 Å². The molecule has 1 aliphatic heterocycles. The molecule has 4 rings (SSSR count). The van der Waals surface area contributed by atoms with E-state index in [1.165, 1.54) is 17.2 Å². The Morgan fingerprint density at radius 1 is 1.28 bits per heavy atom. The zero-order valence-corrected chi connectivity index (χ0v) is 13.6. The van der Waals surface area contributed by atoms with Crippen LogP contribution in [0.5, 0.6) is 0 Å². The van der Waals surface area contributed by atoms with Crippen molar-refractivity contribution in [3.05, 3.63) is 53.1 Å². The molecular weight excluding hydrogens is 320 g/mol. The van der Waals surface area contributed by atoms with Crippen LogP contribution in [0.2, 0.25) is 0 Å². The van der Waals surface area contributed by atoms with E-state index in [0.29, 0.717) is 24.0 Å². The van der Waals surface area contributed by atoms with Crippen LogP contribution in [0.3, 0.4) is 0 Å². The maximum Gasteiger partial charge on any atom is 0.261 e. The summed E-state index contributed by atoms with van der Waals surface area (Å²) in [5.74, 6) is 0.886. The van der Waals surface area contributed by atoms with E-state index in [-0.39, 0.29) is 23.9 Å². The largest absolute Gasteiger partial charge is 0.340 e. The molecule has 1 fully saturated rings. The minimum atomic E-state index is -0.192. The Labute approximate surface area is 143 Å². The lowest BCUT2D eigenvalue weighted by molar-refractivity contribution is -0.133. The van der Waals surface area contributed by atoms with Gasteiger partial charge in [0.1, 0.15) is 18.7 Å². The minimum Gasteiger partial charge on any atom is -0.340 e. The van der Waals surface area contributed by atoms with Crippen molar-refractivity contribution in [3.8, 4) is 0 Å². The molecule has 2 aromatic heterocycles. The molecule has 1 saturated heterocycles. The van der Waals surface area contributed by atoms with Crippen molar-refractivity contribution in [2.45, 2.75) is 25.3 Å². The predicted molar refractivity (Wildman–Crippen MR) is 90.9 cm³/mol. The molecule has 0 radical (unpaired) electrons. The topological polar surface area (TPSA) is 96.8 Å². The van der Waals surface area contributed by atoms with Gasteiger partial charge in [-0.2, -0.15) is 5.10 Å². The fourth-order valence-corrected chi connectivity index (χ4v) is 3.30. The predicted octanol–water partition coefficient (Wildman–Crippen LogP) is 0.921. The van der Waals surface area contributed by atoms with Crippen LogP contribution in [0.4, 0.5) is 0 Å². The number of aromatic nitrogens is 5. The van der Waals surface area contributed by atoms with Crippen molar-refractivity contribution >= 4 is 16.8 Å². The van der Waals surface area contributed by atoms with Crippen LogP contribution in [-0.2, 0) is 11.3 Å². The highest BCUT2D eigenvalue weighted by Crippen LogP contribution is 2.24. The number of benzene rings is 1. The summed E-state index contributed by atoms with van der Waals surface area (Å²) in [5.41, 5.74) is 0.447. The summed E-state index contributed by atoms with van der Waals surface area (Å²) in [6, 6.07) is 7.15. The summed E-state index contributed by atoms with van der Waals surface area (Å²) in [7, 11) is 0. The summed E-state index contributed by atoms with van der Waals surface area (Å²) >= 11 is 0. The molecule has 3 aromatic rings. The number of para-hydroxylation sites is 1. The van der Waals surface area contributed by atoms with Gasteiger partial charge in [0.25, 0.3) is 5.56 Å². The molecule has 0 bridgehead atoms. The number of aromatic amines is 1. The van der Waals surface area contributed by atoms with E-state index in [9.17, 15) is 9.59 Å². The average molecular weight is 338 g/mol. The Morgan fingerprint density at radius 2 is 2.16 bits per heavy atom. The van der Waals surface area contributed by atoms with Gasteiger partial charge in [-0.1, -0.05) is 12.1 Å². The third-order valence-electron chi connectivity index (χ3n) is 4.63. The minimum absolute atomic E-state index is 0.000206. The Balaban J connectivity index is 1.52. The molecule has 0 aliphatic carbocycles. The monoisotopic (exact) mass is 338 g/mol. The molecule has 1 aromatic carbocycles. The number of piperidine rings is 1. The van der Waals surface area contributed by atoms with E-state index in [2.05, 4.69) is 20.2 Å². The number of carbonyl (C=O) groups excluding carboxylic acids is 1. The van der Waals surface area contributed by atoms with Gasteiger partial charge in [-0.05, 0) is 25.0 Å². The first-order valence-electron chi connectivity index (χ1n) is 8.29. The van der Waals surface area contributed by atoms with Crippen LogP contribution in [0.15, 0.2) is 41.7 Å². The molecule has 1 unspecified atom stereocenters. The van der Waals surface area contributed by atoms with Crippen molar-refractivity contribution in [2.24, 2.45) is 0 Å². The number of fused-ring (bicyclic) bond motifs is 1. The number of rotatable bonds is 3. The molecule has 128 valence electrons. The maximum atomic E-state index is 12.7. The number of amides is 1. The SMILES string of the molecule is O=C(Cn1cnc2ccccc2c1=O)N1CCCC(c2ncn[nH]2)C1. The summed E-state index contributed by atoms with van der Waals surface area (Å²) in [6.07, 6.45) is 4.80. The Hall–Kier alpha value is -3.03.